The molecule has 0 N–H and O–H groups in total. The molecule has 43 heavy (non-hydrogen) atoms. The van der Waals surface area contributed by atoms with Gasteiger partial charge < -0.3 is 14.7 Å². The lowest BCUT2D eigenvalue weighted by Gasteiger charge is -2.41. The van der Waals surface area contributed by atoms with Crippen LogP contribution in [0, 0.1) is 19.8 Å². The smallest absolute Gasteiger partial charge is 0.368 e. The minimum atomic E-state index is -4.62. The molecule has 4 aliphatic rings. The summed E-state index contributed by atoms with van der Waals surface area (Å²) in [4.78, 5) is 53.2. The molecule has 0 radical (unpaired) electrons. The van der Waals surface area contributed by atoms with E-state index in [0.29, 0.717) is 25.3 Å². The van der Waals surface area contributed by atoms with Crippen molar-refractivity contribution < 1.29 is 27.6 Å². The Bertz CT molecular complexity index is 1500. The third-order valence-corrected chi connectivity index (χ3v) is 9.35. The van der Waals surface area contributed by atoms with Crippen LogP contribution in [0.2, 0.25) is 0 Å². The molecule has 3 amide bonds. The maximum atomic E-state index is 14.0. The molecule has 3 fully saturated rings. The van der Waals surface area contributed by atoms with E-state index in [-0.39, 0.29) is 41.8 Å². The van der Waals surface area contributed by atoms with Crippen LogP contribution < -0.4 is 14.7 Å². The van der Waals surface area contributed by atoms with Crippen molar-refractivity contribution in [3.63, 3.8) is 0 Å². The Kier molecular flexibility index (Phi) is 7.22. The normalized spacial score (nSPS) is 25.6. The van der Waals surface area contributed by atoms with Gasteiger partial charge in [-0.1, -0.05) is 18.7 Å². The van der Waals surface area contributed by atoms with E-state index in [1.165, 1.54) is 22.8 Å². The van der Waals surface area contributed by atoms with E-state index in [1.807, 2.05) is 30.0 Å². The van der Waals surface area contributed by atoms with E-state index in [9.17, 15) is 27.6 Å². The highest BCUT2D eigenvalue weighted by molar-refractivity contribution is 6.10. The second-order valence-electron chi connectivity index (χ2n) is 12.0. The zero-order chi connectivity index (χ0) is 30.8. The van der Waals surface area contributed by atoms with Gasteiger partial charge in [-0.05, 0) is 50.1 Å². The predicted octanol–water partition coefficient (Wildman–Crippen LogP) is 3.39. The molecule has 1 aromatic heterocycles. The Hall–Kier alpha value is -3.93. The number of para-hydroxylation sites is 1. The fourth-order valence-electron chi connectivity index (χ4n) is 7.36. The lowest BCUT2D eigenvalue weighted by Crippen LogP contribution is -2.54. The van der Waals surface area contributed by atoms with Gasteiger partial charge in [0.1, 0.15) is 11.9 Å². The van der Waals surface area contributed by atoms with Crippen LogP contribution in [0.4, 0.5) is 30.4 Å². The van der Waals surface area contributed by atoms with Crippen LogP contribution in [0.1, 0.15) is 29.7 Å². The molecular weight excluding hydrogens is 561 g/mol. The van der Waals surface area contributed by atoms with Gasteiger partial charge >= 0.3 is 6.18 Å². The molecule has 0 saturated carbocycles. The zero-order valence-corrected chi connectivity index (χ0v) is 24.5. The van der Waals surface area contributed by atoms with Gasteiger partial charge in [-0.15, -0.1) is 0 Å². The summed E-state index contributed by atoms with van der Waals surface area (Å²) in [6.45, 7) is 10.2. The second-order valence-corrected chi connectivity index (χ2v) is 12.0. The number of benzene rings is 1. The molecule has 2 aromatic rings. The fraction of sp³-hybridized carbons (Fsp3) is 0.484. The first-order valence-corrected chi connectivity index (χ1v) is 14.5. The van der Waals surface area contributed by atoms with Gasteiger partial charge in [0.15, 0.2) is 0 Å². The zero-order valence-electron chi connectivity index (χ0n) is 24.5. The predicted molar refractivity (Wildman–Crippen MR) is 156 cm³/mol. The van der Waals surface area contributed by atoms with Crippen molar-refractivity contribution in [3.8, 4) is 0 Å². The Labute approximate surface area is 248 Å². The molecule has 6 rings (SSSR count). The van der Waals surface area contributed by atoms with Crippen molar-refractivity contribution in [3.05, 3.63) is 59.8 Å². The van der Waals surface area contributed by atoms with Crippen LogP contribution in [0.25, 0.3) is 0 Å². The van der Waals surface area contributed by atoms with Gasteiger partial charge in [0.25, 0.3) is 0 Å². The van der Waals surface area contributed by atoms with Gasteiger partial charge in [-0.2, -0.15) is 13.2 Å². The Morgan fingerprint density at radius 3 is 2.53 bits per heavy atom. The van der Waals surface area contributed by atoms with Crippen molar-refractivity contribution in [2.45, 2.75) is 51.0 Å². The van der Waals surface area contributed by atoms with Crippen molar-refractivity contribution in [1.29, 1.82) is 0 Å². The SMILES string of the molecule is C=CC(=O)N1C[C@H]2C[C@@H]1CN2CCN1C[C@H]2CC(=O)N(c3cc(C(F)(F)F)cc(C)n3)[C@@H]2C(=O)N(C)c2cccc(C)c21. The van der Waals surface area contributed by atoms with E-state index in [1.54, 1.807) is 7.05 Å². The average Bonchev–Trinajstić information content (AvgIpc) is 3.65. The molecule has 5 heterocycles. The number of likely N-dealkylation sites (tertiary alicyclic amines) is 2. The number of likely N-dealkylation sites (N-methyl/N-ethyl adjacent to an activating group) is 1. The molecule has 2 bridgehead atoms. The monoisotopic (exact) mass is 596 g/mol. The van der Waals surface area contributed by atoms with Crippen molar-refractivity contribution in [2.75, 3.05) is 54.5 Å². The van der Waals surface area contributed by atoms with Crippen LogP contribution in [0.3, 0.4) is 0 Å². The minimum Gasteiger partial charge on any atom is -0.368 e. The first-order chi connectivity index (χ1) is 20.4. The van der Waals surface area contributed by atoms with Crippen molar-refractivity contribution in [1.82, 2.24) is 14.8 Å². The van der Waals surface area contributed by atoms with E-state index < -0.39 is 29.6 Å². The number of nitrogens with zero attached hydrogens (tertiary/aromatic N) is 6. The number of alkyl halides is 3. The van der Waals surface area contributed by atoms with Gasteiger partial charge in [0.2, 0.25) is 17.7 Å². The van der Waals surface area contributed by atoms with Crippen molar-refractivity contribution in [2.24, 2.45) is 5.92 Å². The molecule has 1 aromatic carbocycles. The number of halogens is 3. The van der Waals surface area contributed by atoms with Crippen LogP contribution in [0.15, 0.2) is 43.0 Å². The number of aryl methyl sites for hydroxylation is 2. The molecule has 12 heteroatoms. The highest BCUT2D eigenvalue weighted by atomic mass is 19.4. The number of piperazine rings is 1. The molecule has 4 aliphatic heterocycles. The highest BCUT2D eigenvalue weighted by Crippen LogP contribution is 2.42. The van der Waals surface area contributed by atoms with Gasteiger partial charge in [0, 0.05) is 69.9 Å². The lowest BCUT2D eigenvalue weighted by atomic mass is 9.95. The van der Waals surface area contributed by atoms with Crippen LogP contribution in [-0.2, 0) is 20.6 Å². The number of hydrogen-bond acceptors (Lipinski definition) is 6. The topological polar surface area (TPSA) is 80.3 Å². The summed E-state index contributed by atoms with van der Waals surface area (Å²) in [5, 5.41) is 0. The molecule has 0 unspecified atom stereocenters. The lowest BCUT2D eigenvalue weighted by molar-refractivity contribution is -0.137. The quantitative estimate of drug-likeness (QED) is 0.493. The van der Waals surface area contributed by atoms with Gasteiger partial charge in [0.05, 0.1) is 16.9 Å². The summed E-state index contributed by atoms with van der Waals surface area (Å²) in [5.41, 5.74) is 1.78. The summed E-state index contributed by atoms with van der Waals surface area (Å²) in [6.07, 6.45) is -2.32. The van der Waals surface area contributed by atoms with E-state index in [2.05, 4.69) is 21.4 Å². The summed E-state index contributed by atoms with van der Waals surface area (Å²) in [6, 6.07) is 6.94. The summed E-state index contributed by atoms with van der Waals surface area (Å²) >= 11 is 0. The summed E-state index contributed by atoms with van der Waals surface area (Å²) < 4.78 is 41.1. The molecule has 3 saturated heterocycles. The molecule has 4 atom stereocenters. The number of pyridine rings is 1. The van der Waals surface area contributed by atoms with Gasteiger partial charge in [-0.25, -0.2) is 4.98 Å². The van der Waals surface area contributed by atoms with E-state index in [4.69, 9.17) is 0 Å². The number of anilines is 3. The molecule has 0 aliphatic carbocycles. The molecule has 0 spiro atoms. The van der Waals surface area contributed by atoms with Crippen LogP contribution in [-0.4, -0.2) is 90.4 Å². The third kappa shape index (κ3) is 5.05. The van der Waals surface area contributed by atoms with Crippen molar-refractivity contribution >= 4 is 34.9 Å². The number of carbonyl (C=O) groups is 3. The number of rotatable bonds is 5. The number of aromatic nitrogens is 1. The van der Waals surface area contributed by atoms with Gasteiger partial charge in [-0.3, -0.25) is 24.2 Å². The number of hydrogen-bond donors (Lipinski definition) is 0. The first-order valence-electron chi connectivity index (χ1n) is 14.5. The highest BCUT2D eigenvalue weighted by Gasteiger charge is 2.50. The number of fused-ring (bicyclic) bond motifs is 4. The van der Waals surface area contributed by atoms with E-state index in [0.717, 1.165) is 42.9 Å². The largest absolute Gasteiger partial charge is 0.416 e. The average molecular weight is 597 g/mol. The molecular formula is C31H35F3N6O3. The minimum absolute atomic E-state index is 0.0198. The summed E-state index contributed by atoms with van der Waals surface area (Å²) in [5.74, 6) is -1.44. The first kappa shape index (κ1) is 29.2. The number of amides is 3. The van der Waals surface area contributed by atoms with Crippen LogP contribution in [0.5, 0.6) is 0 Å². The Balaban J connectivity index is 1.31. The van der Waals surface area contributed by atoms with E-state index >= 15 is 0 Å². The fourth-order valence-corrected chi connectivity index (χ4v) is 7.36. The maximum Gasteiger partial charge on any atom is 0.416 e. The molecule has 228 valence electrons. The Morgan fingerprint density at radius 1 is 1.09 bits per heavy atom. The Morgan fingerprint density at radius 2 is 1.86 bits per heavy atom. The summed E-state index contributed by atoms with van der Waals surface area (Å²) in [7, 11) is 1.65. The van der Waals surface area contributed by atoms with Crippen LogP contribution >= 0.6 is 0 Å². The standard InChI is InChI=1S/C31H35F3N6O3/c1-5-26(41)39-17-22-14-23(39)16-37(22)9-10-38-15-20-12-27(42)40(25-13-21(31(32,33)34)11-19(3)35-25)29(20)30(43)36(4)24-8-6-7-18(2)28(24)38/h5-8,11,13,20,22-23,29H,1,9-10,12,14-17H2,2-4H3/t20-,22-,23-,29+/m1/s1. The third-order valence-electron chi connectivity index (χ3n) is 9.35. The number of carbonyl (C=O) groups excluding carboxylic acids is 3. The maximum absolute atomic E-state index is 14.0. The second kappa shape index (κ2) is 10.7. The molecule has 9 nitrogen and oxygen atoms in total.